The fraction of sp³-hybridized carbons (Fsp3) is 0.571. The van der Waals surface area contributed by atoms with Gasteiger partial charge >= 0.3 is 0 Å². The Morgan fingerprint density at radius 2 is 2.33 bits per heavy atom. The summed E-state index contributed by atoms with van der Waals surface area (Å²) in [7, 11) is 0. The van der Waals surface area contributed by atoms with Crippen LogP contribution in [-0.4, -0.2) is 45.9 Å². The van der Waals surface area contributed by atoms with Gasteiger partial charge in [-0.3, -0.25) is 4.98 Å². The number of nitrogens with one attached hydrogen (secondary N) is 1. The summed E-state index contributed by atoms with van der Waals surface area (Å²) in [5.41, 5.74) is 0.613. The van der Waals surface area contributed by atoms with Gasteiger partial charge in [-0.2, -0.15) is 4.98 Å². The Kier molecular flexibility index (Phi) is 4.52. The summed E-state index contributed by atoms with van der Waals surface area (Å²) in [4.78, 5) is 12.7. The molecule has 2 atom stereocenters. The molecule has 1 N–H and O–H groups in total. The maximum Gasteiger partial charge on any atom is 0.234 e. The van der Waals surface area contributed by atoms with Crippen LogP contribution in [0.25, 0.3) is 11.5 Å². The average Bonchev–Trinajstić information content (AvgIpc) is 3.04. The largest absolute Gasteiger partial charge is 0.381 e. The smallest absolute Gasteiger partial charge is 0.234 e. The molecule has 0 radical (unpaired) electrons. The summed E-state index contributed by atoms with van der Waals surface area (Å²) in [6.45, 7) is 4.50. The minimum absolute atomic E-state index is 0.0863. The lowest BCUT2D eigenvalue weighted by Crippen LogP contribution is -2.41. The zero-order valence-corrected chi connectivity index (χ0v) is 12.0. The first-order valence-electron chi connectivity index (χ1n) is 7.29. The number of aromatic nitrogens is 4. The van der Waals surface area contributed by atoms with Crippen LogP contribution in [-0.2, 0) is 4.74 Å². The molecular formula is C14H19N5O2. The molecule has 1 aliphatic rings. The quantitative estimate of drug-likeness (QED) is 0.890. The lowest BCUT2D eigenvalue weighted by molar-refractivity contribution is 0.0498. The van der Waals surface area contributed by atoms with Crippen LogP contribution >= 0.6 is 0 Å². The molecule has 1 aliphatic heterocycles. The van der Waals surface area contributed by atoms with E-state index in [0.29, 0.717) is 30.1 Å². The van der Waals surface area contributed by atoms with Crippen molar-refractivity contribution in [2.75, 3.05) is 19.8 Å². The van der Waals surface area contributed by atoms with Crippen molar-refractivity contribution in [2.45, 2.75) is 31.7 Å². The molecule has 21 heavy (non-hydrogen) atoms. The minimum Gasteiger partial charge on any atom is -0.381 e. The number of rotatable bonds is 5. The van der Waals surface area contributed by atoms with Crippen LogP contribution in [0, 0.1) is 0 Å². The van der Waals surface area contributed by atoms with E-state index in [2.05, 4.69) is 32.3 Å². The molecule has 0 amide bonds. The summed E-state index contributed by atoms with van der Waals surface area (Å²) >= 11 is 0. The van der Waals surface area contributed by atoms with E-state index in [4.69, 9.17) is 9.26 Å². The highest BCUT2D eigenvalue weighted by Crippen LogP contribution is 2.26. The monoisotopic (exact) mass is 289 g/mol. The van der Waals surface area contributed by atoms with E-state index in [1.165, 1.54) is 0 Å². The maximum atomic E-state index is 5.57. The predicted octanol–water partition coefficient (Wildman–Crippen LogP) is 1.40. The first-order valence-corrected chi connectivity index (χ1v) is 7.29. The minimum atomic E-state index is 0.0863. The molecule has 2 unspecified atom stereocenters. The van der Waals surface area contributed by atoms with Crippen LogP contribution in [0.4, 0.5) is 0 Å². The molecule has 3 rings (SSSR count). The lowest BCUT2D eigenvalue weighted by Gasteiger charge is -2.29. The predicted molar refractivity (Wildman–Crippen MR) is 75.6 cm³/mol. The molecule has 0 bridgehead atoms. The second-order valence-electron chi connectivity index (χ2n) is 5.08. The SMILES string of the molecule is CCCNC1CCOCC1c1nc(-c2cnccn2)no1. The Hall–Kier alpha value is -1.86. The summed E-state index contributed by atoms with van der Waals surface area (Å²) in [5.74, 6) is 1.16. The second-order valence-corrected chi connectivity index (χ2v) is 5.08. The highest BCUT2D eigenvalue weighted by atomic mass is 16.5. The van der Waals surface area contributed by atoms with Crippen molar-refractivity contribution in [1.29, 1.82) is 0 Å². The third kappa shape index (κ3) is 3.25. The van der Waals surface area contributed by atoms with Crippen LogP contribution in [0.15, 0.2) is 23.1 Å². The van der Waals surface area contributed by atoms with Gasteiger partial charge in [0.05, 0.1) is 18.7 Å². The van der Waals surface area contributed by atoms with E-state index in [-0.39, 0.29) is 5.92 Å². The van der Waals surface area contributed by atoms with Crippen LogP contribution in [0.1, 0.15) is 31.6 Å². The van der Waals surface area contributed by atoms with Gasteiger partial charge < -0.3 is 14.6 Å². The fourth-order valence-corrected chi connectivity index (χ4v) is 2.46. The highest BCUT2D eigenvalue weighted by Gasteiger charge is 2.31. The molecule has 0 aliphatic carbocycles. The second kappa shape index (κ2) is 6.73. The van der Waals surface area contributed by atoms with Crippen molar-refractivity contribution in [3.8, 4) is 11.5 Å². The molecule has 2 aromatic heterocycles. The van der Waals surface area contributed by atoms with Crippen LogP contribution in [0.5, 0.6) is 0 Å². The van der Waals surface area contributed by atoms with Crippen LogP contribution in [0.2, 0.25) is 0 Å². The maximum absolute atomic E-state index is 5.57. The lowest BCUT2D eigenvalue weighted by atomic mass is 9.95. The van der Waals surface area contributed by atoms with Gasteiger partial charge in [-0.1, -0.05) is 12.1 Å². The molecule has 112 valence electrons. The molecule has 0 spiro atoms. The third-order valence-corrected chi connectivity index (χ3v) is 3.56. The molecule has 1 saturated heterocycles. The van der Waals surface area contributed by atoms with E-state index in [1.54, 1.807) is 18.6 Å². The standard InChI is InChI=1S/C14H19N5O2/c1-2-4-16-11-3-7-20-9-10(11)14-18-13(19-21-14)12-8-15-5-6-17-12/h5-6,8,10-11,16H,2-4,7,9H2,1H3. The van der Waals surface area contributed by atoms with Gasteiger partial charge in [0, 0.05) is 25.0 Å². The van der Waals surface area contributed by atoms with Gasteiger partial charge in [0.15, 0.2) is 0 Å². The first kappa shape index (κ1) is 14.1. The molecular weight excluding hydrogens is 270 g/mol. The Morgan fingerprint density at radius 3 is 3.14 bits per heavy atom. The van der Waals surface area contributed by atoms with E-state index in [1.807, 2.05) is 0 Å². The van der Waals surface area contributed by atoms with E-state index >= 15 is 0 Å². The summed E-state index contributed by atoms with van der Waals surface area (Å²) < 4.78 is 11.0. The van der Waals surface area contributed by atoms with Crippen molar-refractivity contribution in [3.05, 3.63) is 24.5 Å². The summed E-state index contributed by atoms with van der Waals surface area (Å²) in [6.07, 6.45) is 6.90. The summed E-state index contributed by atoms with van der Waals surface area (Å²) in [6, 6.07) is 0.314. The van der Waals surface area contributed by atoms with Crippen molar-refractivity contribution in [3.63, 3.8) is 0 Å². The van der Waals surface area contributed by atoms with Crippen molar-refractivity contribution in [1.82, 2.24) is 25.4 Å². The van der Waals surface area contributed by atoms with Crippen LogP contribution in [0.3, 0.4) is 0 Å². The zero-order chi connectivity index (χ0) is 14.5. The molecule has 2 aromatic rings. The highest BCUT2D eigenvalue weighted by molar-refractivity contribution is 5.45. The van der Waals surface area contributed by atoms with Crippen molar-refractivity contribution < 1.29 is 9.26 Å². The van der Waals surface area contributed by atoms with E-state index in [9.17, 15) is 0 Å². The number of hydrogen-bond acceptors (Lipinski definition) is 7. The van der Waals surface area contributed by atoms with Crippen molar-refractivity contribution in [2.24, 2.45) is 0 Å². The van der Waals surface area contributed by atoms with Gasteiger partial charge in [-0.05, 0) is 19.4 Å². The van der Waals surface area contributed by atoms with Gasteiger partial charge in [0.25, 0.3) is 0 Å². The van der Waals surface area contributed by atoms with E-state index < -0.39 is 0 Å². The number of nitrogens with zero attached hydrogens (tertiary/aromatic N) is 4. The van der Waals surface area contributed by atoms with Gasteiger partial charge in [-0.25, -0.2) is 4.98 Å². The number of hydrogen-bond donors (Lipinski definition) is 1. The topological polar surface area (TPSA) is 86.0 Å². The molecule has 7 heteroatoms. The Morgan fingerprint density at radius 1 is 1.38 bits per heavy atom. The van der Waals surface area contributed by atoms with Crippen LogP contribution < -0.4 is 5.32 Å². The average molecular weight is 289 g/mol. The van der Waals surface area contributed by atoms with E-state index in [0.717, 1.165) is 26.0 Å². The van der Waals surface area contributed by atoms with Gasteiger partial charge in [-0.15, -0.1) is 0 Å². The first-order chi connectivity index (χ1) is 10.4. The molecule has 0 aromatic carbocycles. The third-order valence-electron chi connectivity index (χ3n) is 3.56. The zero-order valence-electron chi connectivity index (χ0n) is 12.0. The Bertz CT molecular complexity index is 560. The normalized spacial score (nSPS) is 22.3. The molecule has 3 heterocycles. The molecule has 0 saturated carbocycles. The van der Waals surface area contributed by atoms with Gasteiger partial charge in [0.1, 0.15) is 5.69 Å². The number of ether oxygens (including phenoxy) is 1. The fourth-order valence-electron chi connectivity index (χ4n) is 2.46. The summed E-state index contributed by atoms with van der Waals surface area (Å²) in [5, 5.41) is 7.54. The molecule has 7 nitrogen and oxygen atoms in total. The Labute approximate surface area is 123 Å². The van der Waals surface area contributed by atoms with Crippen molar-refractivity contribution >= 4 is 0 Å². The molecule has 1 fully saturated rings. The van der Waals surface area contributed by atoms with Gasteiger partial charge in [0.2, 0.25) is 11.7 Å². The Balaban J connectivity index is 1.77.